The minimum absolute atomic E-state index is 0.0594. The van der Waals surface area contributed by atoms with Crippen LogP contribution in [0.25, 0.3) is 0 Å². The molecule has 0 saturated carbocycles. The Bertz CT molecular complexity index is 1330. The SMILES string of the molecule is COc1ccccc1C1C(C(=O)c2sc(C)nc2C)=C(O)C(=O)N1c1ccc(CC(=O)O)cc1. The van der Waals surface area contributed by atoms with Crippen molar-refractivity contribution in [1.82, 2.24) is 4.98 Å². The first-order chi connectivity index (χ1) is 16.2. The lowest BCUT2D eigenvalue weighted by molar-refractivity contribution is -0.136. The molecule has 1 aliphatic heterocycles. The number of aliphatic hydroxyl groups excluding tert-OH is 1. The van der Waals surface area contributed by atoms with Crippen molar-refractivity contribution in [3.63, 3.8) is 0 Å². The summed E-state index contributed by atoms with van der Waals surface area (Å²) in [5.41, 5.74) is 1.95. The fourth-order valence-corrected chi connectivity index (χ4v) is 4.98. The van der Waals surface area contributed by atoms with E-state index in [1.807, 2.05) is 0 Å². The van der Waals surface area contributed by atoms with Crippen LogP contribution in [0.1, 0.15) is 37.5 Å². The lowest BCUT2D eigenvalue weighted by Crippen LogP contribution is -2.31. The highest BCUT2D eigenvalue weighted by Gasteiger charge is 2.46. The number of ketones is 1. The van der Waals surface area contributed by atoms with Crippen LogP contribution < -0.4 is 9.64 Å². The number of thiazole rings is 1. The number of methoxy groups -OCH3 is 1. The number of benzene rings is 2. The second-order valence-electron chi connectivity index (χ2n) is 7.80. The van der Waals surface area contributed by atoms with E-state index in [1.165, 1.54) is 23.3 Å². The van der Waals surface area contributed by atoms with E-state index in [4.69, 9.17) is 9.84 Å². The lowest BCUT2D eigenvalue weighted by atomic mass is 9.94. The largest absolute Gasteiger partial charge is 0.503 e. The summed E-state index contributed by atoms with van der Waals surface area (Å²) in [5.74, 6) is -2.37. The summed E-state index contributed by atoms with van der Waals surface area (Å²) in [5, 5.41) is 20.7. The van der Waals surface area contributed by atoms with Crippen LogP contribution >= 0.6 is 11.3 Å². The predicted molar refractivity (Wildman–Crippen MR) is 127 cm³/mol. The molecule has 9 heteroatoms. The van der Waals surface area contributed by atoms with Crippen molar-refractivity contribution in [2.45, 2.75) is 26.3 Å². The molecule has 0 radical (unpaired) electrons. The number of anilines is 1. The van der Waals surface area contributed by atoms with E-state index in [2.05, 4.69) is 4.98 Å². The van der Waals surface area contributed by atoms with Crippen LogP contribution in [0.5, 0.6) is 5.75 Å². The highest BCUT2D eigenvalue weighted by Crippen LogP contribution is 2.45. The second kappa shape index (κ2) is 9.11. The van der Waals surface area contributed by atoms with Crippen molar-refractivity contribution in [2.24, 2.45) is 0 Å². The number of Topliss-reactive ketones (excluding diaryl/α,β-unsaturated/α-hetero) is 1. The number of aryl methyl sites for hydroxylation is 2. The molecule has 0 fully saturated rings. The number of carboxylic acids is 1. The number of hydrogen-bond acceptors (Lipinski definition) is 7. The average Bonchev–Trinajstić information content (AvgIpc) is 3.28. The van der Waals surface area contributed by atoms with Crippen LogP contribution in [-0.4, -0.2) is 40.0 Å². The van der Waals surface area contributed by atoms with E-state index in [1.54, 1.807) is 62.4 Å². The molecule has 1 amide bonds. The number of ether oxygens (including phenoxy) is 1. The summed E-state index contributed by atoms with van der Waals surface area (Å²) in [6.45, 7) is 3.49. The third-order valence-electron chi connectivity index (χ3n) is 5.57. The van der Waals surface area contributed by atoms with Gasteiger partial charge >= 0.3 is 5.97 Å². The molecule has 0 spiro atoms. The van der Waals surface area contributed by atoms with Gasteiger partial charge in [-0.1, -0.05) is 30.3 Å². The normalized spacial score (nSPS) is 15.7. The fourth-order valence-electron chi connectivity index (χ4n) is 4.10. The van der Waals surface area contributed by atoms with Crippen LogP contribution in [0.4, 0.5) is 5.69 Å². The van der Waals surface area contributed by atoms with Gasteiger partial charge < -0.3 is 14.9 Å². The fraction of sp³-hybridized carbons (Fsp3) is 0.200. The summed E-state index contributed by atoms with van der Waals surface area (Å²) in [7, 11) is 1.49. The Morgan fingerprint density at radius 2 is 1.79 bits per heavy atom. The van der Waals surface area contributed by atoms with Gasteiger partial charge in [0.1, 0.15) is 5.75 Å². The Morgan fingerprint density at radius 3 is 2.38 bits per heavy atom. The smallest absolute Gasteiger partial charge is 0.307 e. The van der Waals surface area contributed by atoms with E-state index >= 15 is 0 Å². The van der Waals surface area contributed by atoms with Crippen LogP contribution in [0, 0.1) is 13.8 Å². The molecule has 0 saturated heterocycles. The number of hydrogen-bond donors (Lipinski definition) is 2. The molecule has 0 bridgehead atoms. The Labute approximate surface area is 199 Å². The number of para-hydroxylation sites is 1. The number of carbonyl (C=O) groups is 3. The van der Waals surface area contributed by atoms with Crippen molar-refractivity contribution in [2.75, 3.05) is 12.0 Å². The number of nitrogens with zero attached hydrogens (tertiary/aromatic N) is 2. The maximum absolute atomic E-state index is 13.6. The maximum Gasteiger partial charge on any atom is 0.307 e. The van der Waals surface area contributed by atoms with Gasteiger partial charge in [0.2, 0.25) is 5.78 Å². The molecule has 1 aromatic heterocycles. The molecule has 2 heterocycles. The van der Waals surface area contributed by atoms with Gasteiger partial charge in [0.25, 0.3) is 5.91 Å². The van der Waals surface area contributed by atoms with Crippen molar-refractivity contribution >= 4 is 34.7 Å². The molecule has 2 N–H and O–H groups in total. The molecule has 34 heavy (non-hydrogen) atoms. The monoisotopic (exact) mass is 478 g/mol. The van der Waals surface area contributed by atoms with E-state index in [-0.39, 0.29) is 12.0 Å². The van der Waals surface area contributed by atoms with Crippen molar-refractivity contribution in [3.05, 3.63) is 86.6 Å². The molecule has 0 aliphatic carbocycles. The van der Waals surface area contributed by atoms with Gasteiger partial charge in [-0.2, -0.15) is 0 Å². The first kappa shape index (κ1) is 23.2. The summed E-state index contributed by atoms with van der Waals surface area (Å²) in [6, 6.07) is 12.4. The molecular formula is C25H22N2O6S. The van der Waals surface area contributed by atoms with Gasteiger partial charge in [-0.25, -0.2) is 4.98 Å². The molecular weight excluding hydrogens is 456 g/mol. The number of rotatable bonds is 7. The number of carboxylic acid groups (broad SMARTS) is 1. The Morgan fingerprint density at radius 1 is 1.12 bits per heavy atom. The Balaban J connectivity index is 1.87. The van der Waals surface area contributed by atoms with E-state index in [9.17, 15) is 19.5 Å². The Hall–Kier alpha value is -3.98. The van der Waals surface area contributed by atoms with E-state index < -0.39 is 29.5 Å². The van der Waals surface area contributed by atoms with Crippen molar-refractivity contribution in [3.8, 4) is 5.75 Å². The zero-order chi connectivity index (χ0) is 24.6. The summed E-state index contributed by atoms with van der Waals surface area (Å²) < 4.78 is 5.51. The Kier molecular flexibility index (Phi) is 6.21. The topological polar surface area (TPSA) is 117 Å². The maximum atomic E-state index is 13.6. The summed E-state index contributed by atoms with van der Waals surface area (Å²) in [4.78, 5) is 44.0. The molecule has 4 rings (SSSR count). The zero-order valence-corrected chi connectivity index (χ0v) is 19.5. The molecule has 8 nitrogen and oxygen atoms in total. The highest BCUT2D eigenvalue weighted by atomic mass is 32.1. The standard InChI is InChI=1S/C25H22N2O6S/c1-13-24(34-14(2)26-13)22(30)20-21(17-6-4-5-7-18(17)33-3)27(25(32)23(20)31)16-10-8-15(9-11-16)12-19(28)29/h4-11,21,31H,12H2,1-3H3,(H,28,29). The van der Waals surface area contributed by atoms with E-state index in [0.29, 0.717) is 38.1 Å². The van der Waals surface area contributed by atoms with Gasteiger partial charge in [-0.15, -0.1) is 11.3 Å². The first-order valence-corrected chi connectivity index (χ1v) is 11.2. The minimum Gasteiger partial charge on any atom is -0.503 e. The third-order valence-corrected chi connectivity index (χ3v) is 6.64. The molecule has 1 unspecified atom stereocenters. The second-order valence-corrected chi connectivity index (χ2v) is 9.00. The summed E-state index contributed by atoms with van der Waals surface area (Å²) in [6.07, 6.45) is -0.165. The van der Waals surface area contributed by atoms with Crippen molar-refractivity contribution in [1.29, 1.82) is 0 Å². The molecule has 1 atom stereocenters. The van der Waals surface area contributed by atoms with Crippen LogP contribution in [-0.2, 0) is 16.0 Å². The van der Waals surface area contributed by atoms with Gasteiger partial charge in [-0.3, -0.25) is 19.3 Å². The van der Waals surface area contributed by atoms with Crippen LogP contribution in [0.15, 0.2) is 59.9 Å². The minimum atomic E-state index is -0.973. The van der Waals surface area contributed by atoms with Crippen LogP contribution in [0.3, 0.4) is 0 Å². The van der Waals surface area contributed by atoms with Crippen LogP contribution in [0.2, 0.25) is 0 Å². The average molecular weight is 479 g/mol. The molecule has 1 aliphatic rings. The van der Waals surface area contributed by atoms with Gasteiger partial charge in [0.15, 0.2) is 5.76 Å². The number of aromatic nitrogens is 1. The predicted octanol–water partition coefficient (Wildman–Crippen LogP) is 4.18. The first-order valence-electron chi connectivity index (χ1n) is 10.4. The van der Waals surface area contributed by atoms with E-state index in [0.717, 1.165) is 0 Å². The van der Waals surface area contributed by atoms with Gasteiger partial charge in [-0.05, 0) is 37.6 Å². The summed E-state index contributed by atoms with van der Waals surface area (Å²) >= 11 is 1.20. The molecule has 3 aromatic rings. The number of amides is 1. The number of aliphatic hydroxyl groups is 1. The lowest BCUT2D eigenvalue weighted by Gasteiger charge is -2.28. The zero-order valence-electron chi connectivity index (χ0n) is 18.7. The molecule has 2 aromatic carbocycles. The quantitative estimate of drug-likeness (QED) is 0.489. The number of aliphatic carboxylic acids is 1. The highest BCUT2D eigenvalue weighted by molar-refractivity contribution is 7.14. The number of carbonyl (C=O) groups excluding carboxylic acids is 2. The molecule has 174 valence electrons. The van der Waals surface area contributed by atoms with Gasteiger partial charge in [0, 0.05) is 11.3 Å². The van der Waals surface area contributed by atoms with Crippen molar-refractivity contribution < 1.29 is 29.3 Å². The third kappa shape index (κ3) is 4.06. The van der Waals surface area contributed by atoms with Gasteiger partial charge in [0.05, 0.1) is 40.7 Å².